The number of fused-ring (bicyclic) bond motifs is 1. The second kappa shape index (κ2) is 4.54. The first kappa shape index (κ1) is 12.5. The quantitative estimate of drug-likeness (QED) is 0.759. The molecule has 0 spiro atoms. The molecule has 0 aliphatic carbocycles. The van der Waals surface area contributed by atoms with Crippen molar-refractivity contribution in [2.75, 3.05) is 0 Å². The van der Waals surface area contributed by atoms with E-state index in [0.29, 0.717) is 21.7 Å². The highest BCUT2D eigenvalue weighted by Crippen LogP contribution is 2.32. The van der Waals surface area contributed by atoms with Crippen LogP contribution in [0, 0.1) is 0 Å². The van der Waals surface area contributed by atoms with E-state index in [-0.39, 0.29) is 11.1 Å². The van der Waals surface area contributed by atoms with Crippen LogP contribution < -0.4 is 5.76 Å². The van der Waals surface area contributed by atoms with Crippen LogP contribution in [-0.2, 0) is 0 Å². The van der Waals surface area contributed by atoms with Crippen LogP contribution in [0.2, 0.25) is 5.02 Å². The third kappa shape index (κ3) is 1.98. The fraction of sp³-hybridized carbons (Fsp3) is 0. The Labute approximate surface area is 117 Å². The number of benzene rings is 2. The first-order valence-electron chi connectivity index (χ1n) is 5.71. The zero-order valence-electron chi connectivity index (χ0n) is 10.0. The van der Waals surface area contributed by atoms with Crippen LogP contribution in [0.1, 0.15) is 10.4 Å². The lowest BCUT2D eigenvalue weighted by Crippen LogP contribution is -1.99. The van der Waals surface area contributed by atoms with E-state index in [1.165, 1.54) is 6.07 Å². The summed E-state index contributed by atoms with van der Waals surface area (Å²) in [7, 11) is 0. The Kier molecular flexibility index (Phi) is 2.84. The van der Waals surface area contributed by atoms with Gasteiger partial charge >= 0.3 is 11.7 Å². The van der Waals surface area contributed by atoms with E-state index >= 15 is 0 Å². The standard InChI is InChI=1S/C14H8ClNO4/c15-7-5-10(12-11(6-7)16-14(19)20-12)8-3-1-2-4-9(8)13(17)18/h1-6H,(H,16,19)(H,17,18). The molecule has 20 heavy (non-hydrogen) atoms. The Morgan fingerprint density at radius 1 is 1.20 bits per heavy atom. The topological polar surface area (TPSA) is 83.3 Å². The predicted octanol–water partition coefficient (Wildman–Crippen LogP) is 3.14. The number of aromatic nitrogens is 1. The minimum Gasteiger partial charge on any atom is -0.478 e. The molecule has 0 amide bonds. The first-order valence-corrected chi connectivity index (χ1v) is 6.09. The number of oxazole rings is 1. The number of aromatic carboxylic acids is 1. The Balaban J connectivity index is 2.40. The SMILES string of the molecule is O=C(O)c1ccccc1-c1cc(Cl)cc2[nH]c(=O)oc12. The number of carbonyl (C=O) groups is 1. The van der Waals surface area contributed by atoms with Crippen LogP contribution in [0.25, 0.3) is 22.2 Å². The van der Waals surface area contributed by atoms with E-state index in [1.807, 2.05) is 0 Å². The molecular formula is C14H8ClNO4. The maximum Gasteiger partial charge on any atom is 0.417 e. The van der Waals surface area contributed by atoms with Crippen molar-refractivity contribution in [1.82, 2.24) is 4.98 Å². The Morgan fingerprint density at radius 2 is 1.95 bits per heavy atom. The molecule has 3 rings (SSSR count). The number of carboxylic acids is 1. The van der Waals surface area contributed by atoms with E-state index in [2.05, 4.69) is 4.98 Å². The minimum atomic E-state index is -1.06. The van der Waals surface area contributed by atoms with Crippen LogP contribution in [0.5, 0.6) is 0 Å². The lowest BCUT2D eigenvalue weighted by atomic mass is 9.99. The monoisotopic (exact) mass is 289 g/mol. The minimum absolute atomic E-state index is 0.111. The van der Waals surface area contributed by atoms with Gasteiger partial charge < -0.3 is 9.52 Å². The van der Waals surface area contributed by atoms with Crippen molar-refractivity contribution >= 4 is 28.7 Å². The molecule has 1 heterocycles. The molecule has 2 N–H and O–H groups in total. The van der Waals surface area contributed by atoms with Crippen LogP contribution in [0.15, 0.2) is 45.6 Å². The highest BCUT2D eigenvalue weighted by molar-refractivity contribution is 6.31. The summed E-state index contributed by atoms with van der Waals surface area (Å²) in [5, 5.41) is 9.62. The zero-order chi connectivity index (χ0) is 14.3. The Bertz CT molecular complexity index is 878. The van der Waals surface area contributed by atoms with Gasteiger partial charge in [0.25, 0.3) is 0 Å². The van der Waals surface area contributed by atoms with E-state index in [4.69, 9.17) is 16.0 Å². The Morgan fingerprint density at radius 3 is 2.70 bits per heavy atom. The molecule has 2 aromatic carbocycles. The Hall–Kier alpha value is -2.53. The van der Waals surface area contributed by atoms with Gasteiger partial charge in [0.2, 0.25) is 0 Å². The molecule has 0 unspecified atom stereocenters. The van der Waals surface area contributed by atoms with Gasteiger partial charge in [-0.1, -0.05) is 29.8 Å². The third-order valence-corrected chi connectivity index (χ3v) is 3.15. The van der Waals surface area contributed by atoms with Gasteiger partial charge in [0.05, 0.1) is 11.1 Å². The molecule has 1 aromatic heterocycles. The summed E-state index contributed by atoms with van der Waals surface area (Å²) in [6, 6.07) is 9.58. The number of hydrogen-bond donors (Lipinski definition) is 2. The summed E-state index contributed by atoms with van der Waals surface area (Å²) in [6.45, 7) is 0. The molecular weight excluding hydrogens is 282 g/mol. The van der Waals surface area contributed by atoms with Gasteiger partial charge in [-0.25, -0.2) is 9.59 Å². The van der Waals surface area contributed by atoms with Gasteiger partial charge in [-0.2, -0.15) is 0 Å². The van der Waals surface area contributed by atoms with Gasteiger partial charge in [-0.15, -0.1) is 0 Å². The maximum atomic E-state index is 11.3. The van der Waals surface area contributed by atoms with E-state index < -0.39 is 11.7 Å². The molecule has 0 aliphatic rings. The molecule has 3 aromatic rings. The van der Waals surface area contributed by atoms with Crippen LogP contribution in [0.3, 0.4) is 0 Å². The van der Waals surface area contributed by atoms with Gasteiger partial charge in [0, 0.05) is 16.1 Å². The lowest BCUT2D eigenvalue weighted by Gasteiger charge is -2.07. The van der Waals surface area contributed by atoms with Crippen molar-refractivity contribution in [3.8, 4) is 11.1 Å². The molecule has 0 atom stereocenters. The third-order valence-electron chi connectivity index (χ3n) is 2.93. The highest BCUT2D eigenvalue weighted by atomic mass is 35.5. The number of aromatic amines is 1. The highest BCUT2D eigenvalue weighted by Gasteiger charge is 2.16. The van der Waals surface area contributed by atoms with Crippen molar-refractivity contribution in [3.05, 3.63) is 57.5 Å². The van der Waals surface area contributed by atoms with E-state index in [9.17, 15) is 14.7 Å². The summed E-state index contributed by atoms with van der Waals surface area (Å²) < 4.78 is 5.08. The fourth-order valence-electron chi connectivity index (χ4n) is 2.13. The number of halogens is 1. The molecule has 0 bridgehead atoms. The molecule has 6 heteroatoms. The van der Waals surface area contributed by atoms with E-state index in [1.54, 1.807) is 30.3 Å². The molecule has 0 saturated carbocycles. The van der Waals surface area contributed by atoms with Crippen LogP contribution in [-0.4, -0.2) is 16.1 Å². The van der Waals surface area contributed by atoms with Crippen molar-refractivity contribution in [2.45, 2.75) is 0 Å². The average Bonchev–Trinajstić information content (AvgIpc) is 2.77. The van der Waals surface area contributed by atoms with Crippen molar-refractivity contribution in [1.29, 1.82) is 0 Å². The van der Waals surface area contributed by atoms with Gasteiger partial charge in [0.15, 0.2) is 5.58 Å². The molecule has 0 radical (unpaired) electrons. The van der Waals surface area contributed by atoms with Crippen LogP contribution in [0.4, 0.5) is 0 Å². The smallest absolute Gasteiger partial charge is 0.417 e. The molecule has 100 valence electrons. The zero-order valence-corrected chi connectivity index (χ0v) is 10.8. The molecule has 0 aliphatic heterocycles. The van der Waals surface area contributed by atoms with Crippen molar-refractivity contribution < 1.29 is 14.3 Å². The normalized spacial score (nSPS) is 10.8. The molecule has 0 fully saturated rings. The largest absolute Gasteiger partial charge is 0.478 e. The molecule has 0 saturated heterocycles. The number of H-pyrrole nitrogens is 1. The average molecular weight is 290 g/mol. The summed E-state index contributed by atoms with van der Waals surface area (Å²) in [5.74, 6) is -1.68. The first-order chi connectivity index (χ1) is 9.56. The number of rotatable bonds is 2. The lowest BCUT2D eigenvalue weighted by molar-refractivity contribution is 0.0698. The molecule has 5 nitrogen and oxygen atoms in total. The maximum absolute atomic E-state index is 11.3. The van der Waals surface area contributed by atoms with Gasteiger partial charge in [0.1, 0.15) is 0 Å². The van der Waals surface area contributed by atoms with E-state index in [0.717, 1.165) is 0 Å². The second-order valence-corrected chi connectivity index (χ2v) is 4.63. The summed E-state index contributed by atoms with van der Waals surface area (Å²) in [5.41, 5.74) is 1.73. The fourth-order valence-corrected chi connectivity index (χ4v) is 2.35. The van der Waals surface area contributed by atoms with Crippen LogP contribution >= 0.6 is 11.6 Å². The number of carboxylic acid groups (broad SMARTS) is 1. The summed E-state index contributed by atoms with van der Waals surface area (Å²) >= 11 is 6.00. The van der Waals surface area contributed by atoms with Gasteiger partial charge in [-0.3, -0.25) is 4.98 Å². The number of hydrogen-bond acceptors (Lipinski definition) is 3. The van der Waals surface area contributed by atoms with Crippen molar-refractivity contribution in [2.24, 2.45) is 0 Å². The number of nitrogens with one attached hydrogen (secondary N) is 1. The second-order valence-electron chi connectivity index (χ2n) is 4.20. The summed E-state index contributed by atoms with van der Waals surface area (Å²) in [6.07, 6.45) is 0. The van der Waals surface area contributed by atoms with Gasteiger partial charge in [-0.05, 0) is 18.2 Å². The van der Waals surface area contributed by atoms with Crippen molar-refractivity contribution in [3.63, 3.8) is 0 Å². The summed E-state index contributed by atoms with van der Waals surface area (Å²) in [4.78, 5) is 25.1. The predicted molar refractivity (Wildman–Crippen MR) is 74.2 cm³/mol.